The molecule has 2 aliphatic rings. The lowest BCUT2D eigenvalue weighted by molar-refractivity contribution is -0.247. The van der Waals surface area contributed by atoms with Crippen LogP contribution < -0.4 is 0 Å². The Morgan fingerprint density at radius 2 is 1.90 bits per heavy atom. The van der Waals surface area contributed by atoms with E-state index in [1.54, 1.807) is 6.07 Å². The molecule has 1 aromatic rings. The minimum atomic E-state index is -4.95. The van der Waals surface area contributed by atoms with Crippen LogP contribution in [0.3, 0.4) is 0 Å². The van der Waals surface area contributed by atoms with E-state index in [4.69, 9.17) is 11.6 Å². The van der Waals surface area contributed by atoms with E-state index in [2.05, 4.69) is 0 Å². The SMILES string of the molecule is OC1(C(F)(F)F)C2=C(c3ccccc31)C(Cl)CC(F)=C2. The number of allylic oxidation sites excluding steroid dienone is 2. The van der Waals surface area contributed by atoms with E-state index in [-0.39, 0.29) is 23.1 Å². The third-order valence-electron chi connectivity index (χ3n) is 3.69. The zero-order valence-electron chi connectivity index (χ0n) is 10.0. The molecule has 0 aromatic heterocycles. The summed E-state index contributed by atoms with van der Waals surface area (Å²) in [5.74, 6) is -0.765. The lowest BCUT2D eigenvalue weighted by atomic mass is 9.87. The highest BCUT2D eigenvalue weighted by atomic mass is 35.5. The first-order chi connectivity index (χ1) is 9.26. The maximum Gasteiger partial charge on any atom is 0.425 e. The van der Waals surface area contributed by atoms with Gasteiger partial charge in [-0.1, -0.05) is 24.3 Å². The van der Waals surface area contributed by atoms with Crippen LogP contribution in [0.4, 0.5) is 17.6 Å². The van der Waals surface area contributed by atoms with E-state index in [1.165, 1.54) is 18.2 Å². The summed E-state index contributed by atoms with van der Waals surface area (Å²) in [5, 5.41) is 9.33. The first-order valence-electron chi connectivity index (χ1n) is 5.90. The Labute approximate surface area is 117 Å². The molecule has 106 valence electrons. The molecule has 1 N–H and O–H groups in total. The number of rotatable bonds is 0. The third-order valence-corrected chi connectivity index (χ3v) is 4.06. The quantitative estimate of drug-likeness (QED) is 0.566. The van der Waals surface area contributed by atoms with Crippen molar-refractivity contribution < 1.29 is 22.7 Å². The van der Waals surface area contributed by atoms with Gasteiger partial charge in [-0.15, -0.1) is 11.6 Å². The second-order valence-electron chi connectivity index (χ2n) is 4.84. The van der Waals surface area contributed by atoms with Crippen LogP contribution in [0.25, 0.3) is 5.57 Å². The number of aliphatic hydroxyl groups is 1. The molecular formula is C14H9ClF4O. The first kappa shape index (κ1) is 13.6. The highest BCUT2D eigenvalue weighted by Gasteiger charge is 2.62. The van der Waals surface area contributed by atoms with Gasteiger partial charge in [0.1, 0.15) is 5.83 Å². The van der Waals surface area contributed by atoms with Gasteiger partial charge in [0, 0.05) is 17.6 Å². The van der Waals surface area contributed by atoms with Crippen molar-refractivity contribution in [3.05, 3.63) is 52.9 Å². The lowest BCUT2D eigenvalue weighted by Gasteiger charge is -2.30. The summed E-state index contributed by atoms with van der Waals surface area (Å²) in [6, 6.07) is 5.61. The second kappa shape index (κ2) is 4.09. The normalized spacial score (nSPS) is 29.1. The summed E-state index contributed by atoms with van der Waals surface area (Å²) in [4.78, 5) is 0. The Morgan fingerprint density at radius 3 is 2.55 bits per heavy atom. The van der Waals surface area contributed by atoms with Gasteiger partial charge in [0.15, 0.2) is 0 Å². The number of halogens is 5. The summed E-state index contributed by atoms with van der Waals surface area (Å²) in [5.41, 5.74) is -3.62. The van der Waals surface area contributed by atoms with E-state index < -0.39 is 28.6 Å². The standard InChI is InChI=1S/C14H9ClF4O/c15-11-6-7(16)5-10-12(11)8-3-1-2-4-9(8)13(10,20)14(17,18)19/h1-5,11,20H,6H2. The Kier molecular flexibility index (Phi) is 2.79. The van der Waals surface area contributed by atoms with Gasteiger partial charge in [0.25, 0.3) is 0 Å². The minimum Gasteiger partial charge on any atom is -0.372 e. The fraction of sp³-hybridized carbons (Fsp3) is 0.286. The number of hydrogen-bond donors (Lipinski definition) is 1. The Bertz CT molecular complexity index is 647. The summed E-state index contributed by atoms with van der Waals surface area (Å²) in [6.07, 6.45) is -4.38. The Balaban J connectivity index is 2.36. The van der Waals surface area contributed by atoms with Gasteiger partial charge in [0.2, 0.25) is 5.60 Å². The van der Waals surface area contributed by atoms with E-state index in [9.17, 15) is 22.7 Å². The molecule has 0 saturated heterocycles. The molecule has 2 atom stereocenters. The molecular weight excluding hydrogens is 296 g/mol. The van der Waals surface area contributed by atoms with Gasteiger partial charge in [0.05, 0.1) is 5.38 Å². The zero-order valence-corrected chi connectivity index (χ0v) is 10.8. The zero-order chi connectivity index (χ0) is 14.7. The van der Waals surface area contributed by atoms with Crippen LogP contribution in [0.2, 0.25) is 0 Å². The molecule has 2 aliphatic carbocycles. The molecule has 1 nitrogen and oxygen atoms in total. The van der Waals surface area contributed by atoms with Crippen molar-refractivity contribution in [2.45, 2.75) is 23.6 Å². The first-order valence-corrected chi connectivity index (χ1v) is 6.34. The molecule has 0 amide bonds. The Hall–Kier alpha value is -1.33. The number of hydrogen-bond acceptors (Lipinski definition) is 1. The van der Waals surface area contributed by atoms with E-state index in [0.29, 0.717) is 0 Å². The predicted molar refractivity (Wildman–Crippen MR) is 66.8 cm³/mol. The van der Waals surface area contributed by atoms with E-state index >= 15 is 0 Å². The summed E-state index contributed by atoms with van der Waals surface area (Å²) >= 11 is 6.00. The van der Waals surface area contributed by atoms with Crippen LogP contribution in [-0.4, -0.2) is 16.7 Å². The van der Waals surface area contributed by atoms with Crippen LogP contribution in [-0.2, 0) is 5.60 Å². The van der Waals surface area contributed by atoms with Crippen LogP contribution >= 0.6 is 11.6 Å². The fourth-order valence-corrected chi connectivity index (χ4v) is 3.21. The van der Waals surface area contributed by atoms with Gasteiger partial charge in [-0.2, -0.15) is 13.2 Å². The van der Waals surface area contributed by atoms with Gasteiger partial charge in [-0.25, -0.2) is 4.39 Å². The van der Waals surface area contributed by atoms with Crippen molar-refractivity contribution in [1.82, 2.24) is 0 Å². The molecule has 2 unspecified atom stereocenters. The maximum atomic E-state index is 13.5. The number of benzene rings is 1. The molecule has 0 bridgehead atoms. The molecule has 6 heteroatoms. The molecule has 1 aromatic carbocycles. The second-order valence-corrected chi connectivity index (χ2v) is 5.37. The number of alkyl halides is 4. The average molecular weight is 305 g/mol. The Morgan fingerprint density at radius 1 is 1.25 bits per heavy atom. The lowest BCUT2D eigenvalue weighted by Crippen LogP contribution is -2.42. The monoisotopic (exact) mass is 304 g/mol. The molecule has 0 radical (unpaired) electrons. The highest BCUT2D eigenvalue weighted by molar-refractivity contribution is 6.27. The highest BCUT2D eigenvalue weighted by Crippen LogP contribution is 2.57. The molecule has 0 fully saturated rings. The molecule has 0 heterocycles. The molecule has 0 aliphatic heterocycles. The van der Waals surface area contributed by atoms with Crippen molar-refractivity contribution in [3.8, 4) is 0 Å². The summed E-state index contributed by atoms with van der Waals surface area (Å²) in [7, 11) is 0. The summed E-state index contributed by atoms with van der Waals surface area (Å²) < 4.78 is 53.6. The van der Waals surface area contributed by atoms with Crippen molar-refractivity contribution >= 4 is 17.2 Å². The van der Waals surface area contributed by atoms with Crippen molar-refractivity contribution in [3.63, 3.8) is 0 Å². The third kappa shape index (κ3) is 1.59. The topological polar surface area (TPSA) is 20.2 Å². The fourth-order valence-electron chi connectivity index (χ4n) is 2.83. The van der Waals surface area contributed by atoms with Gasteiger partial charge in [-0.05, 0) is 17.2 Å². The van der Waals surface area contributed by atoms with Crippen molar-refractivity contribution in [1.29, 1.82) is 0 Å². The smallest absolute Gasteiger partial charge is 0.372 e. The largest absolute Gasteiger partial charge is 0.425 e. The number of fused-ring (bicyclic) bond motifs is 2. The van der Waals surface area contributed by atoms with Crippen LogP contribution in [0.15, 0.2) is 41.7 Å². The van der Waals surface area contributed by atoms with E-state index in [1.807, 2.05) is 0 Å². The van der Waals surface area contributed by atoms with E-state index in [0.717, 1.165) is 6.08 Å². The molecule has 0 spiro atoms. The van der Waals surface area contributed by atoms with Crippen LogP contribution in [0, 0.1) is 0 Å². The van der Waals surface area contributed by atoms with Gasteiger partial charge >= 0.3 is 6.18 Å². The average Bonchev–Trinajstić information content (AvgIpc) is 2.61. The van der Waals surface area contributed by atoms with Crippen molar-refractivity contribution in [2.75, 3.05) is 0 Å². The maximum absolute atomic E-state index is 13.5. The molecule has 0 saturated carbocycles. The minimum absolute atomic E-state index is 0.156. The predicted octanol–water partition coefficient (Wildman–Crippen LogP) is 4.07. The van der Waals surface area contributed by atoms with Gasteiger partial charge in [-0.3, -0.25) is 0 Å². The molecule has 20 heavy (non-hydrogen) atoms. The van der Waals surface area contributed by atoms with Crippen molar-refractivity contribution in [2.24, 2.45) is 0 Å². The molecule has 3 rings (SSSR count). The van der Waals surface area contributed by atoms with Crippen LogP contribution in [0.5, 0.6) is 0 Å². The van der Waals surface area contributed by atoms with Gasteiger partial charge < -0.3 is 5.11 Å². The summed E-state index contributed by atoms with van der Waals surface area (Å²) in [6.45, 7) is 0. The van der Waals surface area contributed by atoms with Crippen LogP contribution in [0.1, 0.15) is 17.5 Å².